The molecule has 0 atom stereocenters. The van der Waals surface area contributed by atoms with Gasteiger partial charge in [-0.3, -0.25) is 4.79 Å². The molecule has 6 rings (SSSR count). The number of nitrogens with two attached hydrogens (primary N) is 1. The van der Waals surface area contributed by atoms with Gasteiger partial charge in [-0.2, -0.15) is 26.3 Å². The van der Waals surface area contributed by atoms with Crippen molar-refractivity contribution in [3.8, 4) is 34.5 Å². The molecule has 0 spiro atoms. The monoisotopic (exact) mass is 1120 g/mol. The van der Waals surface area contributed by atoms with Crippen molar-refractivity contribution in [2.45, 2.75) is 38.9 Å². The highest BCUT2D eigenvalue weighted by Gasteiger charge is 2.41. The van der Waals surface area contributed by atoms with Crippen molar-refractivity contribution in [1.82, 2.24) is 19.9 Å². The van der Waals surface area contributed by atoms with Crippen LogP contribution in [0.5, 0.6) is 34.5 Å². The normalized spacial score (nSPS) is 11.6. The zero-order valence-electron chi connectivity index (χ0n) is 33.9. The maximum absolute atomic E-state index is 14.8. The van der Waals surface area contributed by atoms with Gasteiger partial charge in [0.15, 0.2) is 34.5 Å². The number of anilines is 2. The van der Waals surface area contributed by atoms with Crippen LogP contribution in [0.3, 0.4) is 0 Å². The van der Waals surface area contributed by atoms with Crippen molar-refractivity contribution >= 4 is 55.1 Å². The zero-order chi connectivity index (χ0) is 51.8. The van der Waals surface area contributed by atoms with E-state index in [1.54, 1.807) is 19.2 Å². The first kappa shape index (κ1) is 54.6. The minimum absolute atomic E-state index is 0.122. The molecule has 29 heteroatoms. The number of aromatic nitrogens is 4. The number of nitrogen functional groups attached to an aromatic ring is 1. The van der Waals surface area contributed by atoms with Crippen molar-refractivity contribution in [2.75, 3.05) is 11.1 Å². The number of alkyl halides is 12. The fraction of sp³-hybridized carbons (Fsp3) is 0.150. The van der Waals surface area contributed by atoms with Gasteiger partial charge in [-0.05, 0) is 117 Å². The molecule has 0 fully saturated rings. The molecule has 0 saturated carbocycles. The summed E-state index contributed by atoms with van der Waals surface area (Å²) in [4.78, 5) is 37.5. The van der Waals surface area contributed by atoms with Gasteiger partial charge in [0.05, 0.1) is 12.4 Å². The van der Waals surface area contributed by atoms with Crippen LogP contribution >= 0.6 is 31.9 Å². The van der Waals surface area contributed by atoms with Crippen LogP contribution in [0.15, 0.2) is 94.7 Å². The maximum Gasteiger partial charge on any atom is 0.573 e. The minimum atomic E-state index is -5.23. The Morgan fingerprint density at radius 1 is 0.580 bits per heavy atom. The molecule has 0 radical (unpaired) electrons. The molecule has 6 aromatic rings. The minimum Gasteiger partial charge on any atom is -0.477 e. The number of pyridine rings is 4. The molecule has 4 aromatic heterocycles. The summed E-state index contributed by atoms with van der Waals surface area (Å²) in [5.41, 5.74) is 1.33. The Morgan fingerprint density at radius 2 is 0.957 bits per heavy atom. The summed E-state index contributed by atoms with van der Waals surface area (Å²) >= 11 is 6.28. The van der Waals surface area contributed by atoms with E-state index < -0.39 is 94.1 Å². The number of carboxylic acid groups (broad SMARTS) is 1. The first-order valence-electron chi connectivity index (χ1n) is 18.0. The standard InChI is InChI=1S/C20H11BrF7N3O3.C14H6F7NO4.C6H7BrN2/c1-9-7-29-14(21)6-12(9)31-18(32)15-13(8-30-17(16(15)22)19(23,24)25)33-10-2-4-11(5-3-10)34-20(26,27)28;15-10-9(12(23)24)8(5-22-11(10)13(16,17)18)25-6-1-3-7(4-2-6)26-14(19,20)21;1-4-3-9-6(7)2-5(4)8/h2-8H,1H3,(H,29,31,32);1-5H,(H,23,24);2-3H,1H3,(H2,8,9). The maximum atomic E-state index is 14.8. The van der Waals surface area contributed by atoms with E-state index in [9.17, 15) is 71.1 Å². The smallest absolute Gasteiger partial charge is 0.477 e. The molecular weight excluding hydrogens is 1100 g/mol. The highest BCUT2D eigenvalue weighted by atomic mass is 79.9. The number of ether oxygens (including phenoxy) is 4. The third kappa shape index (κ3) is 16.0. The topological polar surface area (TPSA) is 181 Å². The Balaban J connectivity index is 0.000000260. The number of amides is 1. The molecule has 368 valence electrons. The van der Waals surface area contributed by atoms with E-state index in [1.165, 1.54) is 12.3 Å². The molecule has 0 unspecified atom stereocenters. The summed E-state index contributed by atoms with van der Waals surface area (Å²) in [5, 5.41) is 11.2. The lowest BCUT2D eigenvalue weighted by Gasteiger charge is -2.16. The summed E-state index contributed by atoms with van der Waals surface area (Å²) in [6, 6.07) is 10.2. The second-order valence-electron chi connectivity index (χ2n) is 13.0. The van der Waals surface area contributed by atoms with E-state index in [1.807, 2.05) is 6.92 Å². The van der Waals surface area contributed by atoms with Gasteiger partial charge >= 0.3 is 31.0 Å². The van der Waals surface area contributed by atoms with Gasteiger partial charge in [0.2, 0.25) is 0 Å². The van der Waals surface area contributed by atoms with Crippen LogP contribution in [0.25, 0.3) is 0 Å². The van der Waals surface area contributed by atoms with E-state index in [-0.39, 0.29) is 21.8 Å². The lowest BCUT2D eigenvalue weighted by atomic mass is 10.1. The third-order valence-electron chi connectivity index (χ3n) is 7.95. The van der Waals surface area contributed by atoms with Crippen LogP contribution in [-0.2, 0) is 12.4 Å². The second kappa shape index (κ2) is 21.9. The van der Waals surface area contributed by atoms with E-state index in [0.29, 0.717) is 18.0 Å². The average Bonchev–Trinajstić information content (AvgIpc) is 3.20. The number of aryl methyl sites for hydroxylation is 2. The Hall–Kier alpha value is -7.04. The fourth-order valence-corrected chi connectivity index (χ4v) is 5.59. The number of carbonyl (C=O) groups excluding carboxylic acids is 1. The van der Waals surface area contributed by atoms with Gasteiger partial charge < -0.3 is 35.1 Å². The number of hydrogen-bond donors (Lipinski definition) is 3. The summed E-state index contributed by atoms with van der Waals surface area (Å²) < 4.78 is 198. The number of hydrogen-bond acceptors (Lipinski definition) is 11. The highest BCUT2D eigenvalue weighted by Crippen LogP contribution is 2.38. The molecule has 0 aliphatic heterocycles. The van der Waals surface area contributed by atoms with Gasteiger partial charge in [-0.15, -0.1) is 26.3 Å². The van der Waals surface area contributed by atoms with E-state index >= 15 is 0 Å². The van der Waals surface area contributed by atoms with Crippen LogP contribution in [0.2, 0.25) is 0 Å². The predicted molar refractivity (Wildman–Crippen MR) is 217 cm³/mol. The summed E-state index contributed by atoms with van der Waals surface area (Å²) in [7, 11) is 0. The molecule has 0 aliphatic rings. The number of halogens is 16. The quantitative estimate of drug-likeness (QED) is 0.0922. The van der Waals surface area contributed by atoms with Crippen molar-refractivity contribution in [3.05, 3.63) is 140 Å². The lowest BCUT2D eigenvalue weighted by Crippen LogP contribution is -2.20. The molecule has 2 aromatic carbocycles. The Kier molecular flexibility index (Phi) is 17.3. The van der Waals surface area contributed by atoms with Crippen LogP contribution < -0.4 is 30.0 Å². The molecular formula is C40H24Br2F14N6O7. The van der Waals surface area contributed by atoms with Crippen LogP contribution in [0, 0.1) is 25.5 Å². The summed E-state index contributed by atoms with van der Waals surface area (Å²) in [6.45, 7) is 3.47. The van der Waals surface area contributed by atoms with Gasteiger partial charge in [0, 0.05) is 23.8 Å². The fourth-order valence-electron chi connectivity index (χ4n) is 4.91. The third-order valence-corrected chi connectivity index (χ3v) is 8.81. The molecule has 0 saturated heterocycles. The number of rotatable bonds is 9. The summed E-state index contributed by atoms with van der Waals surface area (Å²) in [5.74, 6) is -10.8. The second-order valence-corrected chi connectivity index (χ2v) is 14.6. The number of benzene rings is 2. The molecule has 69 heavy (non-hydrogen) atoms. The van der Waals surface area contributed by atoms with Crippen molar-refractivity contribution < 1.29 is 95.1 Å². The number of carboxylic acids is 1. The molecule has 0 aliphatic carbocycles. The Morgan fingerprint density at radius 3 is 1.33 bits per heavy atom. The molecule has 13 nitrogen and oxygen atoms in total. The number of nitrogens with zero attached hydrogens (tertiary/aromatic N) is 4. The average molecular weight is 1130 g/mol. The van der Waals surface area contributed by atoms with E-state index in [4.69, 9.17) is 20.3 Å². The SMILES string of the molecule is Cc1cnc(Br)cc1N.Cc1cnc(Br)cc1NC(=O)c1c(Oc2ccc(OC(F)(F)F)cc2)cnc(C(F)(F)F)c1F.O=C(O)c1c(Oc2ccc(OC(F)(F)F)cc2)cnc(C(F)(F)F)c1F. The van der Waals surface area contributed by atoms with Crippen molar-refractivity contribution in [1.29, 1.82) is 0 Å². The zero-order valence-corrected chi connectivity index (χ0v) is 37.1. The van der Waals surface area contributed by atoms with Gasteiger partial charge in [-0.25, -0.2) is 33.5 Å². The number of nitrogens with one attached hydrogen (secondary N) is 1. The number of carbonyl (C=O) groups is 2. The van der Waals surface area contributed by atoms with Crippen LogP contribution in [0.4, 0.5) is 72.8 Å². The lowest BCUT2D eigenvalue weighted by molar-refractivity contribution is -0.275. The summed E-state index contributed by atoms with van der Waals surface area (Å²) in [6.07, 6.45) is -16.4. The van der Waals surface area contributed by atoms with Gasteiger partial charge in [-0.1, -0.05) is 0 Å². The van der Waals surface area contributed by atoms with E-state index in [2.05, 4.69) is 66.6 Å². The highest BCUT2D eigenvalue weighted by molar-refractivity contribution is 9.10. The van der Waals surface area contributed by atoms with Crippen LogP contribution in [0.1, 0.15) is 43.2 Å². The number of aromatic carboxylic acids is 1. The van der Waals surface area contributed by atoms with E-state index in [0.717, 1.165) is 64.4 Å². The molecule has 1 amide bonds. The molecule has 4 heterocycles. The van der Waals surface area contributed by atoms with Gasteiger partial charge in [0.1, 0.15) is 43.3 Å². The molecule has 4 N–H and O–H groups in total. The van der Waals surface area contributed by atoms with Crippen molar-refractivity contribution in [2.24, 2.45) is 0 Å². The first-order chi connectivity index (χ1) is 31.8. The van der Waals surface area contributed by atoms with Gasteiger partial charge in [0.25, 0.3) is 5.91 Å². The largest absolute Gasteiger partial charge is 0.573 e. The Labute approximate surface area is 393 Å². The van der Waals surface area contributed by atoms with Crippen molar-refractivity contribution in [3.63, 3.8) is 0 Å². The molecule has 0 bridgehead atoms. The predicted octanol–water partition coefficient (Wildman–Crippen LogP) is 13.0. The Bertz CT molecular complexity index is 2800. The van der Waals surface area contributed by atoms with Crippen LogP contribution in [-0.4, -0.2) is 49.6 Å². The first-order valence-corrected chi connectivity index (χ1v) is 19.5.